The predicted octanol–water partition coefficient (Wildman–Crippen LogP) is 4.45. The van der Waals surface area contributed by atoms with Gasteiger partial charge in [0.25, 0.3) is 5.91 Å². The summed E-state index contributed by atoms with van der Waals surface area (Å²) in [4.78, 5) is 41.8. The van der Waals surface area contributed by atoms with Gasteiger partial charge in [-0.1, -0.05) is 30.3 Å². The molecule has 2 aromatic carbocycles. The van der Waals surface area contributed by atoms with Crippen LogP contribution < -0.4 is 5.32 Å². The van der Waals surface area contributed by atoms with Crippen LogP contribution in [0.25, 0.3) is 0 Å². The molecule has 6 nitrogen and oxygen atoms in total. The highest BCUT2D eigenvalue weighted by atomic mass is 32.2. The molecule has 37 heavy (non-hydrogen) atoms. The molecule has 2 heterocycles. The van der Waals surface area contributed by atoms with Gasteiger partial charge in [0.05, 0.1) is 0 Å². The van der Waals surface area contributed by atoms with Crippen LogP contribution >= 0.6 is 11.8 Å². The molecule has 0 bridgehead atoms. The third-order valence-electron chi connectivity index (χ3n) is 8.44. The summed E-state index contributed by atoms with van der Waals surface area (Å²) in [5.74, 6) is 0.454. The average Bonchev–Trinajstić information content (AvgIpc) is 3.61. The first-order chi connectivity index (χ1) is 18.0. The normalized spacial score (nSPS) is 19.1. The van der Waals surface area contributed by atoms with E-state index in [2.05, 4.69) is 40.5 Å². The van der Waals surface area contributed by atoms with Crippen molar-refractivity contribution >= 4 is 29.9 Å². The highest BCUT2D eigenvalue weighted by molar-refractivity contribution is 7.98. The van der Waals surface area contributed by atoms with Crippen LogP contribution in [-0.4, -0.2) is 60.6 Å². The standard InChI is InChI=1S/C30H37N3O3S/c1-31-28(35)26(5-3-19-34)33-20-25-24(29(33)36)4-2-6-27(25)37-21-23-9-7-22(8-10-23)11-16-32-17-14-30(12-13-30)15-18-32/h2,4,6-10,19,26H,3,5,11-18,20-21H2,1H3,(H,31,35). The quantitative estimate of drug-likeness (QED) is 0.351. The Morgan fingerprint density at radius 2 is 1.81 bits per heavy atom. The molecule has 1 aliphatic carbocycles. The lowest BCUT2D eigenvalue weighted by Gasteiger charge is -2.32. The number of aldehydes is 1. The van der Waals surface area contributed by atoms with Gasteiger partial charge in [0.1, 0.15) is 12.3 Å². The van der Waals surface area contributed by atoms with E-state index >= 15 is 0 Å². The molecule has 1 saturated heterocycles. The van der Waals surface area contributed by atoms with E-state index in [1.807, 2.05) is 12.1 Å². The van der Waals surface area contributed by atoms with Crippen molar-refractivity contribution in [2.24, 2.45) is 5.41 Å². The lowest BCUT2D eigenvalue weighted by molar-refractivity contribution is -0.125. The Morgan fingerprint density at radius 3 is 2.49 bits per heavy atom. The molecule has 2 aromatic rings. The van der Waals surface area contributed by atoms with Gasteiger partial charge in [-0.2, -0.15) is 0 Å². The van der Waals surface area contributed by atoms with Crippen LogP contribution in [0.4, 0.5) is 0 Å². The molecule has 1 saturated carbocycles. The van der Waals surface area contributed by atoms with Crippen LogP contribution in [-0.2, 0) is 28.3 Å². The fraction of sp³-hybridized carbons (Fsp3) is 0.500. The number of carbonyl (C=O) groups is 3. The van der Waals surface area contributed by atoms with E-state index in [1.165, 1.54) is 49.9 Å². The molecule has 3 aliphatic rings. The lowest BCUT2D eigenvalue weighted by Crippen LogP contribution is -2.46. The zero-order valence-corrected chi connectivity index (χ0v) is 22.5. The van der Waals surface area contributed by atoms with Crippen molar-refractivity contribution in [1.82, 2.24) is 15.1 Å². The van der Waals surface area contributed by atoms with Gasteiger partial charge in [0, 0.05) is 42.8 Å². The number of fused-ring (bicyclic) bond motifs is 1. The molecular formula is C30H37N3O3S. The summed E-state index contributed by atoms with van der Waals surface area (Å²) in [7, 11) is 1.56. The number of hydrogen-bond acceptors (Lipinski definition) is 5. The number of nitrogens with zero attached hydrogens (tertiary/aromatic N) is 2. The Bertz CT molecular complexity index is 1140. The minimum atomic E-state index is -0.639. The number of piperidine rings is 1. The first-order valence-electron chi connectivity index (χ1n) is 13.5. The summed E-state index contributed by atoms with van der Waals surface area (Å²) in [5, 5.41) is 2.64. The van der Waals surface area contributed by atoms with Crippen molar-refractivity contribution in [2.75, 3.05) is 26.7 Å². The molecule has 1 N–H and O–H groups in total. The first kappa shape index (κ1) is 26.0. The third-order valence-corrected chi connectivity index (χ3v) is 9.61. The lowest BCUT2D eigenvalue weighted by atomic mass is 9.93. The average molecular weight is 520 g/mol. The molecule has 5 rings (SSSR count). The summed E-state index contributed by atoms with van der Waals surface area (Å²) >= 11 is 1.73. The number of likely N-dealkylation sites (N-methyl/N-ethyl adjacent to an activating group) is 1. The smallest absolute Gasteiger partial charge is 0.255 e. The number of likely N-dealkylation sites (tertiary alicyclic amines) is 1. The summed E-state index contributed by atoms with van der Waals surface area (Å²) in [5.41, 5.74) is 5.02. The minimum Gasteiger partial charge on any atom is -0.357 e. The SMILES string of the molecule is CNC(=O)C(CCC=O)N1Cc2c(SCc3ccc(CCN4CCC5(CC4)CC5)cc3)cccc2C1=O. The molecule has 1 unspecified atom stereocenters. The van der Waals surface area contributed by atoms with E-state index in [9.17, 15) is 14.4 Å². The number of amides is 2. The molecular weight excluding hydrogens is 482 g/mol. The molecule has 0 radical (unpaired) electrons. The topological polar surface area (TPSA) is 69.7 Å². The fourth-order valence-electron chi connectivity index (χ4n) is 5.71. The number of rotatable bonds is 11. The largest absolute Gasteiger partial charge is 0.357 e. The maximum absolute atomic E-state index is 13.1. The van der Waals surface area contributed by atoms with Crippen LogP contribution in [0.5, 0.6) is 0 Å². The second-order valence-electron chi connectivity index (χ2n) is 10.8. The van der Waals surface area contributed by atoms with E-state index in [0.717, 1.165) is 40.9 Å². The van der Waals surface area contributed by atoms with Gasteiger partial charge in [-0.3, -0.25) is 9.59 Å². The van der Waals surface area contributed by atoms with E-state index in [4.69, 9.17) is 0 Å². The molecule has 196 valence electrons. The van der Waals surface area contributed by atoms with E-state index in [-0.39, 0.29) is 18.2 Å². The van der Waals surface area contributed by atoms with Crippen molar-refractivity contribution in [2.45, 2.75) is 68.2 Å². The zero-order chi connectivity index (χ0) is 25.8. The van der Waals surface area contributed by atoms with E-state index in [0.29, 0.717) is 18.5 Å². The molecule has 2 amide bonds. The van der Waals surface area contributed by atoms with Gasteiger partial charge in [-0.15, -0.1) is 11.8 Å². The summed E-state index contributed by atoms with van der Waals surface area (Å²) < 4.78 is 0. The molecule has 2 fully saturated rings. The van der Waals surface area contributed by atoms with Crippen molar-refractivity contribution in [1.29, 1.82) is 0 Å². The predicted molar refractivity (Wildman–Crippen MR) is 147 cm³/mol. The Kier molecular flexibility index (Phi) is 8.01. The number of hydrogen-bond donors (Lipinski definition) is 1. The second-order valence-corrected chi connectivity index (χ2v) is 11.8. The Balaban J connectivity index is 1.17. The fourth-order valence-corrected chi connectivity index (χ4v) is 6.75. The molecule has 1 atom stereocenters. The van der Waals surface area contributed by atoms with Gasteiger partial charge in [-0.05, 0) is 85.9 Å². The van der Waals surface area contributed by atoms with Gasteiger partial charge in [0.2, 0.25) is 5.91 Å². The highest BCUT2D eigenvalue weighted by Crippen LogP contribution is 2.53. The van der Waals surface area contributed by atoms with Crippen LogP contribution in [0, 0.1) is 5.41 Å². The van der Waals surface area contributed by atoms with Crippen molar-refractivity contribution in [3.05, 3.63) is 64.7 Å². The van der Waals surface area contributed by atoms with Crippen LogP contribution in [0.15, 0.2) is 47.4 Å². The number of benzene rings is 2. The van der Waals surface area contributed by atoms with Crippen LogP contribution in [0.1, 0.15) is 65.6 Å². The Morgan fingerprint density at radius 1 is 1.08 bits per heavy atom. The van der Waals surface area contributed by atoms with Gasteiger partial charge < -0.3 is 19.9 Å². The third kappa shape index (κ3) is 5.93. The molecule has 2 aliphatic heterocycles. The molecule has 1 spiro atoms. The molecule has 7 heteroatoms. The summed E-state index contributed by atoms with van der Waals surface area (Å²) in [6, 6.07) is 14.1. The summed E-state index contributed by atoms with van der Waals surface area (Å²) in [6.45, 7) is 4.06. The molecule has 0 aromatic heterocycles. The van der Waals surface area contributed by atoms with Crippen molar-refractivity contribution in [3.8, 4) is 0 Å². The second kappa shape index (κ2) is 11.4. The first-order valence-corrected chi connectivity index (χ1v) is 14.5. The maximum Gasteiger partial charge on any atom is 0.255 e. The zero-order valence-electron chi connectivity index (χ0n) is 21.7. The van der Waals surface area contributed by atoms with E-state index < -0.39 is 6.04 Å². The van der Waals surface area contributed by atoms with Gasteiger partial charge >= 0.3 is 0 Å². The Hall–Kier alpha value is -2.64. The van der Waals surface area contributed by atoms with E-state index in [1.54, 1.807) is 23.7 Å². The number of nitrogens with one attached hydrogen (secondary N) is 1. The highest BCUT2D eigenvalue weighted by Gasteiger charge is 2.44. The number of carbonyl (C=O) groups excluding carboxylic acids is 3. The van der Waals surface area contributed by atoms with Crippen LogP contribution in [0.2, 0.25) is 0 Å². The van der Waals surface area contributed by atoms with Gasteiger partial charge in [-0.25, -0.2) is 0 Å². The number of thioether (sulfide) groups is 1. The van der Waals surface area contributed by atoms with Gasteiger partial charge in [0.15, 0.2) is 0 Å². The van der Waals surface area contributed by atoms with Crippen molar-refractivity contribution < 1.29 is 14.4 Å². The monoisotopic (exact) mass is 519 g/mol. The van der Waals surface area contributed by atoms with Crippen LogP contribution in [0.3, 0.4) is 0 Å². The Labute approximate surface area is 224 Å². The summed E-state index contributed by atoms with van der Waals surface area (Å²) in [6.07, 6.45) is 8.16. The minimum absolute atomic E-state index is 0.137. The van der Waals surface area contributed by atoms with Crippen molar-refractivity contribution in [3.63, 3.8) is 0 Å². The maximum atomic E-state index is 13.1.